The normalized spacial score (nSPS) is 15.6. The van der Waals surface area contributed by atoms with Gasteiger partial charge in [0.1, 0.15) is 17.0 Å². The molecule has 27 heavy (non-hydrogen) atoms. The van der Waals surface area contributed by atoms with Gasteiger partial charge < -0.3 is 9.73 Å². The minimum atomic E-state index is -0.426. The SMILES string of the molecule is CCN1C(=O)N/C(=C\c2cccc(-c3cc(=O)c4ccccc4o3)c2)C1=O. The molecule has 0 spiro atoms. The Morgan fingerprint density at radius 2 is 1.85 bits per heavy atom. The predicted octanol–water partition coefficient (Wildman–Crippen LogP) is 3.37. The summed E-state index contributed by atoms with van der Waals surface area (Å²) in [6.07, 6.45) is 1.61. The number of amides is 3. The van der Waals surface area contributed by atoms with Gasteiger partial charge >= 0.3 is 6.03 Å². The average Bonchev–Trinajstić information content (AvgIpc) is 2.94. The summed E-state index contributed by atoms with van der Waals surface area (Å²) >= 11 is 0. The highest BCUT2D eigenvalue weighted by Gasteiger charge is 2.31. The van der Waals surface area contributed by atoms with Gasteiger partial charge in [-0.2, -0.15) is 0 Å². The van der Waals surface area contributed by atoms with Gasteiger partial charge in [0.05, 0.1) is 5.39 Å². The van der Waals surface area contributed by atoms with Crippen molar-refractivity contribution in [2.75, 3.05) is 6.54 Å². The van der Waals surface area contributed by atoms with Gasteiger partial charge in [0.25, 0.3) is 5.91 Å². The highest BCUT2D eigenvalue weighted by atomic mass is 16.3. The lowest BCUT2D eigenvalue weighted by molar-refractivity contribution is -0.122. The van der Waals surface area contributed by atoms with Crippen LogP contribution in [0.5, 0.6) is 0 Å². The fourth-order valence-electron chi connectivity index (χ4n) is 3.05. The first-order valence-corrected chi connectivity index (χ1v) is 8.54. The topological polar surface area (TPSA) is 79.6 Å². The molecule has 0 atom stereocenters. The Labute approximate surface area is 154 Å². The molecule has 2 aromatic carbocycles. The molecule has 134 valence electrons. The number of carbonyl (C=O) groups excluding carboxylic acids is 2. The van der Waals surface area contributed by atoms with E-state index in [9.17, 15) is 14.4 Å². The molecule has 0 unspecified atom stereocenters. The van der Waals surface area contributed by atoms with Crippen LogP contribution < -0.4 is 10.7 Å². The number of benzene rings is 2. The molecule has 1 fully saturated rings. The number of carbonyl (C=O) groups is 2. The second-order valence-electron chi connectivity index (χ2n) is 6.13. The van der Waals surface area contributed by atoms with Crippen LogP contribution in [-0.2, 0) is 4.79 Å². The van der Waals surface area contributed by atoms with Crippen molar-refractivity contribution >= 4 is 29.0 Å². The lowest BCUT2D eigenvalue weighted by atomic mass is 10.1. The zero-order valence-electron chi connectivity index (χ0n) is 14.6. The molecule has 6 heteroatoms. The standard InChI is InChI=1S/C21H16N2O4/c1-2-23-20(25)16(22-21(23)26)11-13-6-5-7-14(10-13)19-12-17(24)15-8-3-4-9-18(15)27-19/h3-12H,2H2,1H3,(H,22,26)/b16-11-. The van der Waals surface area contributed by atoms with Crippen LogP contribution in [0.4, 0.5) is 4.79 Å². The molecule has 3 amide bonds. The Balaban J connectivity index is 1.74. The number of imide groups is 1. The highest BCUT2D eigenvalue weighted by molar-refractivity contribution is 6.13. The summed E-state index contributed by atoms with van der Waals surface area (Å²) in [6, 6.07) is 15.3. The van der Waals surface area contributed by atoms with E-state index >= 15 is 0 Å². The second kappa shape index (κ2) is 6.57. The monoisotopic (exact) mass is 360 g/mol. The number of likely N-dealkylation sites (N-methyl/N-ethyl adjacent to an activating group) is 1. The van der Waals surface area contributed by atoms with Gasteiger partial charge in [-0.15, -0.1) is 0 Å². The summed E-state index contributed by atoms with van der Waals surface area (Å²) in [5, 5.41) is 3.10. The number of hydrogen-bond donors (Lipinski definition) is 1. The van der Waals surface area contributed by atoms with E-state index in [1.807, 2.05) is 18.2 Å². The minimum absolute atomic E-state index is 0.118. The fourth-order valence-corrected chi connectivity index (χ4v) is 3.05. The molecule has 0 bridgehead atoms. The van der Waals surface area contributed by atoms with E-state index < -0.39 is 6.03 Å². The first kappa shape index (κ1) is 16.8. The van der Waals surface area contributed by atoms with Crippen LogP contribution in [0.3, 0.4) is 0 Å². The lowest BCUT2D eigenvalue weighted by Gasteiger charge is -2.06. The predicted molar refractivity (Wildman–Crippen MR) is 102 cm³/mol. The van der Waals surface area contributed by atoms with Crippen molar-refractivity contribution in [1.29, 1.82) is 0 Å². The smallest absolute Gasteiger partial charge is 0.328 e. The number of nitrogens with one attached hydrogen (secondary N) is 1. The van der Waals surface area contributed by atoms with Crippen molar-refractivity contribution in [1.82, 2.24) is 10.2 Å². The molecular weight excluding hydrogens is 344 g/mol. The molecule has 1 N–H and O–H groups in total. The number of urea groups is 1. The Morgan fingerprint density at radius 1 is 1.04 bits per heavy atom. The first-order valence-electron chi connectivity index (χ1n) is 8.54. The second-order valence-corrected chi connectivity index (χ2v) is 6.13. The van der Waals surface area contributed by atoms with Crippen LogP contribution in [-0.4, -0.2) is 23.4 Å². The van der Waals surface area contributed by atoms with Crippen molar-refractivity contribution in [3.63, 3.8) is 0 Å². The lowest BCUT2D eigenvalue weighted by Crippen LogP contribution is -2.30. The van der Waals surface area contributed by atoms with Gasteiger partial charge in [-0.3, -0.25) is 14.5 Å². The number of nitrogens with zero attached hydrogens (tertiary/aromatic N) is 1. The maximum Gasteiger partial charge on any atom is 0.328 e. The van der Waals surface area contributed by atoms with Crippen LogP contribution in [0.1, 0.15) is 12.5 Å². The van der Waals surface area contributed by atoms with Crippen molar-refractivity contribution in [2.24, 2.45) is 0 Å². The number of rotatable bonds is 3. The quantitative estimate of drug-likeness (QED) is 0.574. The average molecular weight is 360 g/mol. The molecule has 0 saturated carbocycles. The van der Waals surface area contributed by atoms with Gasteiger partial charge in [0.2, 0.25) is 0 Å². The molecule has 0 radical (unpaired) electrons. The Kier molecular flexibility index (Phi) is 4.08. The fraction of sp³-hybridized carbons (Fsp3) is 0.0952. The molecule has 1 aliphatic heterocycles. The molecule has 1 aliphatic rings. The maximum absolute atomic E-state index is 12.3. The van der Waals surface area contributed by atoms with Crippen LogP contribution >= 0.6 is 0 Å². The summed E-state index contributed by atoms with van der Waals surface area (Å²) in [6.45, 7) is 2.05. The Hall–Kier alpha value is -3.67. The number of fused-ring (bicyclic) bond motifs is 1. The van der Waals surface area contributed by atoms with Gasteiger partial charge in [-0.25, -0.2) is 4.79 Å². The van der Waals surface area contributed by atoms with E-state index in [1.54, 1.807) is 43.3 Å². The van der Waals surface area contributed by atoms with Gasteiger partial charge in [-0.1, -0.05) is 30.3 Å². The first-order chi connectivity index (χ1) is 13.1. The molecule has 0 aliphatic carbocycles. The molecule has 2 heterocycles. The van der Waals surface area contributed by atoms with Gasteiger partial charge in [0.15, 0.2) is 5.43 Å². The van der Waals surface area contributed by atoms with Crippen molar-refractivity contribution in [3.8, 4) is 11.3 Å². The third kappa shape index (κ3) is 3.01. The Morgan fingerprint density at radius 3 is 2.63 bits per heavy atom. The Bertz CT molecular complexity index is 1160. The van der Waals surface area contributed by atoms with Crippen molar-refractivity contribution in [3.05, 3.63) is 76.1 Å². The summed E-state index contributed by atoms with van der Waals surface area (Å²) in [4.78, 5) is 37.4. The zero-order chi connectivity index (χ0) is 19.0. The molecule has 1 aromatic heterocycles. The van der Waals surface area contributed by atoms with Crippen molar-refractivity contribution in [2.45, 2.75) is 6.92 Å². The molecule has 3 aromatic rings. The van der Waals surface area contributed by atoms with E-state index in [4.69, 9.17) is 4.42 Å². The van der Waals surface area contributed by atoms with Gasteiger partial charge in [0, 0.05) is 18.2 Å². The maximum atomic E-state index is 12.3. The van der Waals surface area contributed by atoms with Crippen LogP contribution in [0.25, 0.3) is 28.4 Å². The highest BCUT2D eigenvalue weighted by Crippen LogP contribution is 2.24. The van der Waals surface area contributed by atoms with E-state index in [0.29, 0.717) is 34.4 Å². The van der Waals surface area contributed by atoms with E-state index in [1.165, 1.54) is 6.07 Å². The molecule has 1 saturated heterocycles. The summed E-state index contributed by atoms with van der Waals surface area (Å²) in [5.41, 5.74) is 2.04. The van der Waals surface area contributed by atoms with E-state index in [0.717, 1.165) is 4.90 Å². The van der Waals surface area contributed by atoms with E-state index in [2.05, 4.69) is 5.32 Å². The van der Waals surface area contributed by atoms with Crippen LogP contribution in [0, 0.1) is 0 Å². The summed E-state index contributed by atoms with van der Waals surface area (Å²) in [5.74, 6) is 0.0843. The number of para-hydroxylation sites is 1. The van der Waals surface area contributed by atoms with E-state index in [-0.39, 0.29) is 17.0 Å². The molecular formula is C21H16N2O4. The summed E-state index contributed by atoms with van der Waals surface area (Å²) < 4.78 is 5.86. The minimum Gasteiger partial charge on any atom is -0.456 e. The van der Waals surface area contributed by atoms with Crippen LogP contribution in [0.15, 0.2) is 69.5 Å². The van der Waals surface area contributed by atoms with Crippen LogP contribution in [0.2, 0.25) is 0 Å². The molecule has 4 rings (SSSR count). The molecule has 6 nitrogen and oxygen atoms in total. The zero-order valence-corrected chi connectivity index (χ0v) is 14.6. The third-order valence-corrected chi connectivity index (χ3v) is 4.40. The summed E-state index contributed by atoms with van der Waals surface area (Å²) in [7, 11) is 0. The number of hydrogen-bond acceptors (Lipinski definition) is 4. The van der Waals surface area contributed by atoms with Gasteiger partial charge in [-0.05, 0) is 36.8 Å². The van der Waals surface area contributed by atoms with Crippen molar-refractivity contribution < 1.29 is 14.0 Å². The largest absolute Gasteiger partial charge is 0.456 e. The third-order valence-electron chi connectivity index (χ3n) is 4.40.